The first-order valence-electron chi connectivity index (χ1n) is 6.18. The number of hydrogen-bond acceptors (Lipinski definition) is 7. The largest absolute Gasteiger partial charge is 0.480 e. The standard InChI is InChI=1S/C11H17N5O5/c1-21-9(17)3-2-7(11(19)20)13-10(18)8-6-16(5-4-12)15-14-8/h6-7H,2-5,12H2,1H3,(H,13,18)(H,19,20). The summed E-state index contributed by atoms with van der Waals surface area (Å²) in [5, 5.41) is 18.6. The van der Waals surface area contributed by atoms with Crippen LogP contribution in [0.15, 0.2) is 6.20 Å². The van der Waals surface area contributed by atoms with E-state index >= 15 is 0 Å². The lowest BCUT2D eigenvalue weighted by molar-refractivity contribution is -0.142. The highest BCUT2D eigenvalue weighted by Gasteiger charge is 2.23. The maximum atomic E-state index is 11.9. The molecule has 10 heteroatoms. The smallest absolute Gasteiger partial charge is 0.326 e. The van der Waals surface area contributed by atoms with Gasteiger partial charge in [-0.05, 0) is 6.42 Å². The van der Waals surface area contributed by atoms with Crippen LogP contribution in [0, 0.1) is 0 Å². The molecule has 1 rings (SSSR count). The maximum absolute atomic E-state index is 11.9. The Kier molecular flexibility index (Phi) is 6.27. The Bertz CT molecular complexity index is 515. The van der Waals surface area contributed by atoms with E-state index in [0.29, 0.717) is 13.1 Å². The number of aliphatic carboxylic acids is 1. The Morgan fingerprint density at radius 2 is 2.24 bits per heavy atom. The molecule has 0 saturated carbocycles. The quantitative estimate of drug-likeness (QED) is 0.484. The number of nitrogens with two attached hydrogens (primary N) is 1. The first-order chi connectivity index (χ1) is 9.97. The monoisotopic (exact) mass is 299 g/mol. The molecule has 116 valence electrons. The number of nitrogens with one attached hydrogen (secondary N) is 1. The van der Waals surface area contributed by atoms with Gasteiger partial charge in [0.2, 0.25) is 0 Å². The fraction of sp³-hybridized carbons (Fsp3) is 0.545. The second-order valence-electron chi connectivity index (χ2n) is 4.13. The van der Waals surface area contributed by atoms with Gasteiger partial charge in [0.1, 0.15) is 6.04 Å². The van der Waals surface area contributed by atoms with Crippen molar-refractivity contribution in [2.24, 2.45) is 5.73 Å². The third-order valence-corrected chi connectivity index (χ3v) is 2.60. The normalized spacial score (nSPS) is 11.7. The van der Waals surface area contributed by atoms with Crippen LogP contribution in [0.25, 0.3) is 0 Å². The van der Waals surface area contributed by atoms with Crippen molar-refractivity contribution >= 4 is 17.8 Å². The van der Waals surface area contributed by atoms with Crippen LogP contribution in [0.3, 0.4) is 0 Å². The van der Waals surface area contributed by atoms with Gasteiger partial charge >= 0.3 is 11.9 Å². The number of methoxy groups -OCH3 is 1. The molecule has 21 heavy (non-hydrogen) atoms. The molecule has 10 nitrogen and oxygen atoms in total. The summed E-state index contributed by atoms with van der Waals surface area (Å²) >= 11 is 0. The Hall–Kier alpha value is -2.49. The zero-order valence-electron chi connectivity index (χ0n) is 11.5. The molecule has 0 aromatic carbocycles. The Balaban J connectivity index is 2.62. The highest BCUT2D eigenvalue weighted by Crippen LogP contribution is 2.02. The number of aromatic nitrogens is 3. The molecule has 1 atom stereocenters. The molecule has 1 amide bonds. The highest BCUT2D eigenvalue weighted by molar-refractivity contribution is 5.94. The minimum atomic E-state index is -1.25. The van der Waals surface area contributed by atoms with Gasteiger partial charge in [0, 0.05) is 13.0 Å². The zero-order chi connectivity index (χ0) is 15.8. The van der Waals surface area contributed by atoms with Crippen LogP contribution in [0.2, 0.25) is 0 Å². The Labute approximate surface area is 120 Å². The second-order valence-corrected chi connectivity index (χ2v) is 4.13. The van der Waals surface area contributed by atoms with Gasteiger partial charge < -0.3 is 20.9 Å². The summed E-state index contributed by atoms with van der Waals surface area (Å²) in [5.41, 5.74) is 5.32. The minimum Gasteiger partial charge on any atom is -0.480 e. The second kappa shape index (κ2) is 7.94. The van der Waals surface area contributed by atoms with E-state index in [1.165, 1.54) is 18.0 Å². The van der Waals surface area contributed by atoms with Crippen molar-refractivity contribution in [2.75, 3.05) is 13.7 Å². The van der Waals surface area contributed by atoms with Crippen molar-refractivity contribution in [1.82, 2.24) is 20.3 Å². The summed E-state index contributed by atoms with van der Waals surface area (Å²) in [4.78, 5) is 33.9. The van der Waals surface area contributed by atoms with E-state index in [1.54, 1.807) is 0 Å². The average molecular weight is 299 g/mol. The summed E-state index contributed by atoms with van der Waals surface area (Å²) in [5.74, 6) is -2.48. The number of amides is 1. The molecule has 0 aliphatic rings. The van der Waals surface area contributed by atoms with Crippen LogP contribution in [0.1, 0.15) is 23.3 Å². The first kappa shape index (κ1) is 16.6. The molecule has 0 spiro atoms. The van der Waals surface area contributed by atoms with E-state index in [4.69, 9.17) is 10.8 Å². The van der Waals surface area contributed by atoms with E-state index in [0.717, 1.165) is 0 Å². The Morgan fingerprint density at radius 3 is 2.81 bits per heavy atom. The Morgan fingerprint density at radius 1 is 1.52 bits per heavy atom. The molecule has 1 heterocycles. The van der Waals surface area contributed by atoms with Crippen molar-refractivity contribution < 1.29 is 24.2 Å². The fourth-order valence-corrected chi connectivity index (χ4v) is 1.50. The van der Waals surface area contributed by atoms with Gasteiger partial charge in [-0.25, -0.2) is 4.79 Å². The maximum Gasteiger partial charge on any atom is 0.326 e. The highest BCUT2D eigenvalue weighted by atomic mass is 16.5. The average Bonchev–Trinajstić information content (AvgIpc) is 2.91. The summed E-state index contributed by atoms with van der Waals surface area (Å²) < 4.78 is 5.79. The zero-order valence-corrected chi connectivity index (χ0v) is 11.5. The van der Waals surface area contributed by atoms with E-state index < -0.39 is 23.9 Å². The number of rotatable bonds is 8. The number of esters is 1. The number of hydrogen-bond donors (Lipinski definition) is 3. The molecule has 0 aliphatic carbocycles. The number of carbonyl (C=O) groups is 3. The van der Waals surface area contributed by atoms with Gasteiger partial charge in [-0.2, -0.15) is 0 Å². The molecule has 0 fully saturated rings. The molecule has 1 aromatic heterocycles. The van der Waals surface area contributed by atoms with Crippen LogP contribution < -0.4 is 11.1 Å². The van der Waals surface area contributed by atoms with Crippen LogP contribution in [-0.2, 0) is 20.9 Å². The third-order valence-electron chi connectivity index (χ3n) is 2.60. The molecular weight excluding hydrogens is 282 g/mol. The summed E-state index contributed by atoms with van der Waals surface area (Å²) in [7, 11) is 1.20. The van der Waals surface area contributed by atoms with Crippen LogP contribution in [0.4, 0.5) is 0 Å². The van der Waals surface area contributed by atoms with Gasteiger partial charge in [0.25, 0.3) is 5.91 Å². The number of nitrogens with zero attached hydrogens (tertiary/aromatic N) is 3. The third kappa shape index (κ3) is 5.18. The van der Waals surface area contributed by atoms with E-state index in [2.05, 4.69) is 20.4 Å². The van der Waals surface area contributed by atoms with Crippen molar-refractivity contribution in [1.29, 1.82) is 0 Å². The minimum absolute atomic E-state index is 0.0206. The van der Waals surface area contributed by atoms with Gasteiger partial charge in [-0.3, -0.25) is 14.3 Å². The lowest BCUT2D eigenvalue weighted by Crippen LogP contribution is -2.41. The van der Waals surface area contributed by atoms with E-state index in [1.807, 2.05) is 0 Å². The van der Waals surface area contributed by atoms with E-state index in [-0.39, 0.29) is 18.5 Å². The van der Waals surface area contributed by atoms with Crippen LogP contribution in [0.5, 0.6) is 0 Å². The molecule has 1 aromatic rings. The fourth-order valence-electron chi connectivity index (χ4n) is 1.50. The van der Waals surface area contributed by atoms with Gasteiger partial charge in [-0.1, -0.05) is 5.21 Å². The first-order valence-corrected chi connectivity index (χ1v) is 6.18. The van der Waals surface area contributed by atoms with Gasteiger partial charge in [0.15, 0.2) is 5.69 Å². The molecule has 0 bridgehead atoms. The van der Waals surface area contributed by atoms with E-state index in [9.17, 15) is 14.4 Å². The summed E-state index contributed by atoms with van der Waals surface area (Å²) in [6.07, 6.45) is 1.17. The molecule has 0 radical (unpaired) electrons. The number of carboxylic acids is 1. The van der Waals surface area contributed by atoms with Crippen molar-refractivity contribution in [2.45, 2.75) is 25.4 Å². The van der Waals surface area contributed by atoms with Crippen LogP contribution in [-0.4, -0.2) is 57.6 Å². The lowest BCUT2D eigenvalue weighted by atomic mass is 10.1. The van der Waals surface area contributed by atoms with Crippen molar-refractivity contribution in [3.8, 4) is 0 Å². The number of carboxylic acid groups (broad SMARTS) is 1. The predicted molar refractivity (Wildman–Crippen MR) is 69.2 cm³/mol. The van der Waals surface area contributed by atoms with Gasteiger partial charge in [0.05, 0.1) is 19.9 Å². The topological polar surface area (TPSA) is 149 Å². The number of carbonyl (C=O) groups excluding carboxylic acids is 2. The van der Waals surface area contributed by atoms with Crippen molar-refractivity contribution in [3.63, 3.8) is 0 Å². The van der Waals surface area contributed by atoms with Crippen LogP contribution >= 0.6 is 0 Å². The molecule has 1 unspecified atom stereocenters. The molecular formula is C11H17N5O5. The summed E-state index contributed by atoms with van der Waals surface area (Å²) in [6.45, 7) is 0.728. The SMILES string of the molecule is COC(=O)CCC(NC(=O)c1cn(CCN)nn1)C(=O)O. The van der Waals surface area contributed by atoms with Crippen molar-refractivity contribution in [3.05, 3.63) is 11.9 Å². The lowest BCUT2D eigenvalue weighted by Gasteiger charge is -2.12. The molecule has 0 saturated heterocycles. The van der Waals surface area contributed by atoms with Gasteiger partial charge in [-0.15, -0.1) is 5.10 Å². The predicted octanol–water partition coefficient (Wildman–Crippen LogP) is -1.63. The molecule has 0 aliphatic heterocycles. The number of ether oxygens (including phenoxy) is 1. The summed E-state index contributed by atoms with van der Waals surface area (Å²) in [6, 6.07) is -1.21. The molecule has 4 N–H and O–H groups in total.